The van der Waals surface area contributed by atoms with Crippen LogP contribution < -0.4 is 5.32 Å². The topological polar surface area (TPSA) is 72.2 Å². The van der Waals surface area contributed by atoms with Gasteiger partial charge in [-0.25, -0.2) is 9.50 Å². The van der Waals surface area contributed by atoms with Gasteiger partial charge in [0.15, 0.2) is 0 Å². The number of nitrogens with zero attached hydrogens (tertiary/aromatic N) is 4. The van der Waals surface area contributed by atoms with E-state index in [1.54, 1.807) is 10.7 Å². The summed E-state index contributed by atoms with van der Waals surface area (Å²) in [5.41, 5.74) is 0.898. The van der Waals surface area contributed by atoms with Gasteiger partial charge in [0.2, 0.25) is 5.82 Å². The molecule has 2 heterocycles. The van der Waals surface area contributed by atoms with E-state index in [1.807, 2.05) is 13.0 Å². The molecule has 0 saturated heterocycles. The second-order valence-corrected chi connectivity index (χ2v) is 3.84. The molecule has 6 nitrogen and oxygen atoms in total. The SMILES string of the molecule is CCCCNC(=O)c1nc2nccc(C)n2n1. The maximum absolute atomic E-state index is 11.7. The summed E-state index contributed by atoms with van der Waals surface area (Å²) in [5, 5.41) is 6.90. The number of carbonyl (C=O) groups is 1. The second-order valence-electron chi connectivity index (χ2n) is 3.84. The average molecular weight is 233 g/mol. The highest BCUT2D eigenvalue weighted by molar-refractivity contribution is 5.90. The fourth-order valence-electron chi connectivity index (χ4n) is 1.46. The van der Waals surface area contributed by atoms with E-state index in [0.717, 1.165) is 18.5 Å². The number of aryl methyl sites for hydroxylation is 1. The van der Waals surface area contributed by atoms with Gasteiger partial charge in [0.1, 0.15) is 0 Å². The molecule has 2 aromatic heterocycles. The molecule has 90 valence electrons. The van der Waals surface area contributed by atoms with Crippen LogP contribution in [0.1, 0.15) is 36.1 Å². The lowest BCUT2D eigenvalue weighted by Gasteiger charge is -1.99. The van der Waals surface area contributed by atoms with Crippen molar-refractivity contribution in [3.63, 3.8) is 0 Å². The van der Waals surface area contributed by atoms with Crippen molar-refractivity contribution in [2.45, 2.75) is 26.7 Å². The molecule has 0 spiro atoms. The van der Waals surface area contributed by atoms with Gasteiger partial charge in [0.25, 0.3) is 11.7 Å². The number of hydrogen-bond donors (Lipinski definition) is 1. The van der Waals surface area contributed by atoms with Gasteiger partial charge in [-0.15, -0.1) is 5.10 Å². The van der Waals surface area contributed by atoms with Crippen LogP contribution in [0, 0.1) is 6.92 Å². The maximum Gasteiger partial charge on any atom is 0.291 e. The lowest BCUT2D eigenvalue weighted by Crippen LogP contribution is -2.25. The van der Waals surface area contributed by atoms with Crippen molar-refractivity contribution < 1.29 is 4.79 Å². The van der Waals surface area contributed by atoms with Crippen molar-refractivity contribution in [1.29, 1.82) is 0 Å². The average Bonchev–Trinajstić information content (AvgIpc) is 2.75. The highest BCUT2D eigenvalue weighted by Gasteiger charge is 2.13. The van der Waals surface area contributed by atoms with E-state index in [1.165, 1.54) is 0 Å². The monoisotopic (exact) mass is 233 g/mol. The molecule has 0 aliphatic carbocycles. The fraction of sp³-hybridized carbons (Fsp3) is 0.455. The Morgan fingerprint density at radius 1 is 1.53 bits per heavy atom. The summed E-state index contributed by atoms with van der Waals surface area (Å²) in [6.07, 6.45) is 3.65. The standard InChI is InChI=1S/C11H15N5O/c1-3-4-6-12-10(17)9-14-11-13-7-5-8(2)16(11)15-9/h5,7H,3-4,6H2,1-2H3,(H,12,17). The third-order valence-electron chi connectivity index (χ3n) is 2.45. The van der Waals surface area contributed by atoms with E-state index in [2.05, 4.69) is 27.3 Å². The van der Waals surface area contributed by atoms with E-state index in [9.17, 15) is 4.79 Å². The Balaban J connectivity index is 2.19. The molecular weight excluding hydrogens is 218 g/mol. The normalized spacial score (nSPS) is 10.7. The van der Waals surface area contributed by atoms with Gasteiger partial charge in [0.05, 0.1) is 0 Å². The molecule has 6 heteroatoms. The lowest BCUT2D eigenvalue weighted by atomic mass is 10.3. The van der Waals surface area contributed by atoms with Gasteiger partial charge < -0.3 is 5.32 Å². The predicted molar refractivity (Wildman–Crippen MR) is 62.8 cm³/mol. The van der Waals surface area contributed by atoms with Crippen molar-refractivity contribution in [2.75, 3.05) is 6.54 Å². The summed E-state index contributed by atoms with van der Waals surface area (Å²) in [5.74, 6) is 0.372. The Labute approximate surface area is 99.1 Å². The second kappa shape index (κ2) is 4.90. The summed E-state index contributed by atoms with van der Waals surface area (Å²) in [4.78, 5) is 19.9. The quantitative estimate of drug-likeness (QED) is 0.798. The first-order valence-corrected chi connectivity index (χ1v) is 5.69. The lowest BCUT2D eigenvalue weighted by molar-refractivity contribution is 0.0943. The van der Waals surface area contributed by atoms with E-state index in [-0.39, 0.29) is 11.7 Å². The number of rotatable bonds is 4. The Bertz CT molecular complexity index is 534. The molecule has 17 heavy (non-hydrogen) atoms. The minimum Gasteiger partial charge on any atom is -0.349 e. The van der Waals surface area contributed by atoms with Crippen molar-refractivity contribution in [2.24, 2.45) is 0 Å². The highest BCUT2D eigenvalue weighted by Crippen LogP contribution is 2.01. The maximum atomic E-state index is 11.7. The Hall–Kier alpha value is -1.98. The van der Waals surface area contributed by atoms with Gasteiger partial charge in [-0.2, -0.15) is 4.98 Å². The van der Waals surface area contributed by atoms with E-state index < -0.39 is 0 Å². The molecule has 0 bridgehead atoms. The van der Waals surface area contributed by atoms with Crippen molar-refractivity contribution in [1.82, 2.24) is 24.9 Å². The molecule has 2 aromatic rings. The first-order valence-electron chi connectivity index (χ1n) is 5.69. The van der Waals surface area contributed by atoms with Crippen molar-refractivity contribution >= 4 is 11.7 Å². The molecule has 0 saturated carbocycles. The Morgan fingerprint density at radius 3 is 3.06 bits per heavy atom. The third-order valence-corrected chi connectivity index (χ3v) is 2.45. The van der Waals surface area contributed by atoms with Crippen LogP contribution in [0.2, 0.25) is 0 Å². The van der Waals surface area contributed by atoms with Gasteiger partial charge in [-0.05, 0) is 19.4 Å². The van der Waals surface area contributed by atoms with E-state index in [4.69, 9.17) is 0 Å². The summed E-state index contributed by atoms with van der Waals surface area (Å²) in [7, 11) is 0. The summed E-state index contributed by atoms with van der Waals surface area (Å²) in [6, 6.07) is 1.82. The smallest absolute Gasteiger partial charge is 0.291 e. The van der Waals surface area contributed by atoms with Crippen LogP contribution in [0.4, 0.5) is 0 Å². The molecule has 0 fully saturated rings. The van der Waals surface area contributed by atoms with Crippen LogP contribution in [-0.4, -0.2) is 32.0 Å². The predicted octanol–water partition coefficient (Wildman–Crippen LogP) is 0.963. The number of hydrogen-bond acceptors (Lipinski definition) is 4. The van der Waals surface area contributed by atoms with Gasteiger partial charge in [0, 0.05) is 18.4 Å². The van der Waals surface area contributed by atoms with Crippen molar-refractivity contribution in [3.05, 3.63) is 23.8 Å². The van der Waals surface area contributed by atoms with Crippen LogP contribution in [0.3, 0.4) is 0 Å². The molecule has 2 rings (SSSR count). The number of carbonyl (C=O) groups excluding carboxylic acids is 1. The zero-order valence-corrected chi connectivity index (χ0v) is 9.97. The Morgan fingerprint density at radius 2 is 2.35 bits per heavy atom. The third kappa shape index (κ3) is 2.41. The van der Waals surface area contributed by atoms with Gasteiger partial charge in [-0.1, -0.05) is 13.3 Å². The van der Waals surface area contributed by atoms with E-state index >= 15 is 0 Å². The van der Waals surface area contributed by atoms with Gasteiger partial charge >= 0.3 is 0 Å². The highest BCUT2D eigenvalue weighted by atomic mass is 16.2. The Kier molecular flexibility index (Phi) is 3.32. The molecule has 1 amide bonds. The molecule has 0 radical (unpaired) electrons. The first kappa shape index (κ1) is 11.5. The minimum atomic E-state index is -0.247. The van der Waals surface area contributed by atoms with E-state index in [0.29, 0.717) is 12.3 Å². The van der Waals surface area contributed by atoms with Crippen LogP contribution in [-0.2, 0) is 0 Å². The summed E-state index contributed by atoms with van der Waals surface area (Å²) < 4.78 is 1.56. The van der Waals surface area contributed by atoms with Crippen LogP contribution in [0.25, 0.3) is 5.78 Å². The zero-order valence-electron chi connectivity index (χ0n) is 9.97. The number of amides is 1. The zero-order chi connectivity index (χ0) is 12.3. The number of nitrogens with one attached hydrogen (secondary N) is 1. The molecule has 0 aliphatic heterocycles. The van der Waals surface area contributed by atoms with Crippen LogP contribution >= 0.6 is 0 Å². The molecule has 0 unspecified atom stereocenters. The fourth-order valence-corrected chi connectivity index (χ4v) is 1.46. The molecule has 1 N–H and O–H groups in total. The van der Waals surface area contributed by atoms with Crippen LogP contribution in [0.5, 0.6) is 0 Å². The van der Waals surface area contributed by atoms with Gasteiger partial charge in [-0.3, -0.25) is 4.79 Å². The molecule has 0 aromatic carbocycles. The summed E-state index contributed by atoms with van der Waals surface area (Å²) >= 11 is 0. The number of unbranched alkanes of at least 4 members (excludes halogenated alkanes) is 1. The number of aromatic nitrogens is 4. The van der Waals surface area contributed by atoms with Crippen molar-refractivity contribution in [3.8, 4) is 0 Å². The number of fused-ring (bicyclic) bond motifs is 1. The molecule has 0 atom stereocenters. The van der Waals surface area contributed by atoms with Crippen LogP contribution in [0.15, 0.2) is 12.3 Å². The minimum absolute atomic E-state index is 0.169. The summed E-state index contributed by atoms with van der Waals surface area (Å²) in [6.45, 7) is 4.61. The molecular formula is C11H15N5O. The molecule has 0 aliphatic rings. The largest absolute Gasteiger partial charge is 0.349 e. The first-order chi connectivity index (χ1) is 8.22.